The molecule has 0 bridgehead atoms. The summed E-state index contributed by atoms with van der Waals surface area (Å²) in [6.45, 7) is 2.72. The summed E-state index contributed by atoms with van der Waals surface area (Å²) < 4.78 is 26.9. The SMILES string of the molecule is CN1CCC2CN(S(=O)(=O)c3ccc(O)c([N+](=O)[O-])c3)CC2C1. The summed E-state index contributed by atoms with van der Waals surface area (Å²) in [5.74, 6) is 0.106. The third-order valence-corrected chi connectivity index (χ3v) is 6.58. The van der Waals surface area contributed by atoms with Gasteiger partial charge in [0.1, 0.15) is 0 Å². The average molecular weight is 341 g/mol. The minimum absolute atomic E-state index is 0.144. The second kappa shape index (κ2) is 5.73. The van der Waals surface area contributed by atoms with E-state index in [0.717, 1.165) is 31.6 Å². The Labute approximate surface area is 134 Å². The molecule has 0 radical (unpaired) electrons. The number of benzene rings is 1. The molecule has 0 aromatic heterocycles. The standard InChI is InChI=1S/C14H19N3O5S/c1-15-5-4-10-8-16(9-11(10)7-15)23(21,22)12-2-3-14(18)13(6-12)17(19)20/h2-3,6,10-11,18H,4-5,7-9H2,1H3. The number of fused-ring (bicyclic) bond motifs is 1. The van der Waals surface area contributed by atoms with Gasteiger partial charge in [0.05, 0.1) is 9.82 Å². The summed E-state index contributed by atoms with van der Waals surface area (Å²) in [6, 6.07) is 3.20. The molecule has 2 saturated heterocycles. The molecule has 9 heteroatoms. The largest absolute Gasteiger partial charge is 0.502 e. The maximum atomic E-state index is 12.8. The lowest BCUT2D eigenvalue weighted by atomic mass is 9.89. The van der Waals surface area contributed by atoms with Crippen molar-refractivity contribution in [1.82, 2.24) is 9.21 Å². The van der Waals surface area contributed by atoms with Crippen molar-refractivity contribution in [3.63, 3.8) is 0 Å². The molecule has 1 aromatic rings. The molecule has 0 aliphatic carbocycles. The van der Waals surface area contributed by atoms with Gasteiger partial charge in [-0.2, -0.15) is 4.31 Å². The van der Waals surface area contributed by atoms with Crippen LogP contribution < -0.4 is 0 Å². The number of aromatic hydroxyl groups is 1. The molecule has 23 heavy (non-hydrogen) atoms. The molecule has 2 unspecified atom stereocenters. The second-order valence-corrected chi connectivity index (χ2v) is 8.24. The molecule has 1 aromatic carbocycles. The summed E-state index contributed by atoms with van der Waals surface area (Å²) in [5, 5.41) is 20.4. The van der Waals surface area contributed by atoms with Gasteiger partial charge in [-0.3, -0.25) is 10.1 Å². The van der Waals surface area contributed by atoms with E-state index in [2.05, 4.69) is 4.90 Å². The van der Waals surface area contributed by atoms with E-state index in [9.17, 15) is 23.6 Å². The van der Waals surface area contributed by atoms with E-state index in [4.69, 9.17) is 0 Å². The van der Waals surface area contributed by atoms with Crippen LogP contribution in [0.25, 0.3) is 0 Å². The highest BCUT2D eigenvalue weighted by atomic mass is 32.2. The van der Waals surface area contributed by atoms with Crippen molar-refractivity contribution in [2.45, 2.75) is 11.3 Å². The van der Waals surface area contributed by atoms with Crippen LogP contribution in [0.1, 0.15) is 6.42 Å². The van der Waals surface area contributed by atoms with Gasteiger partial charge in [0.2, 0.25) is 10.0 Å². The first kappa shape index (κ1) is 16.2. The van der Waals surface area contributed by atoms with Crippen molar-refractivity contribution in [3.05, 3.63) is 28.3 Å². The number of phenols is 1. The van der Waals surface area contributed by atoms with E-state index in [0.29, 0.717) is 24.9 Å². The van der Waals surface area contributed by atoms with Gasteiger partial charge in [-0.1, -0.05) is 0 Å². The molecule has 2 heterocycles. The van der Waals surface area contributed by atoms with Crippen LogP contribution >= 0.6 is 0 Å². The summed E-state index contributed by atoms with van der Waals surface area (Å²) in [6.07, 6.45) is 0.961. The number of nitrogens with zero attached hydrogens (tertiary/aromatic N) is 3. The van der Waals surface area contributed by atoms with Crippen molar-refractivity contribution in [2.24, 2.45) is 11.8 Å². The van der Waals surface area contributed by atoms with Gasteiger partial charge in [-0.25, -0.2) is 8.42 Å². The van der Waals surface area contributed by atoms with Gasteiger partial charge in [-0.15, -0.1) is 0 Å². The Morgan fingerprint density at radius 2 is 1.96 bits per heavy atom. The lowest BCUT2D eigenvalue weighted by Crippen LogP contribution is -2.37. The molecule has 2 aliphatic heterocycles. The van der Waals surface area contributed by atoms with Crippen molar-refractivity contribution >= 4 is 15.7 Å². The van der Waals surface area contributed by atoms with Gasteiger partial charge in [-0.05, 0) is 44.0 Å². The van der Waals surface area contributed by atoms with Gasteiger partial charge in [0.15, 0.2) is 5.75 Å². The monoisotopic (exact) mass is 341 g/mol. The maximum Gasteiger partial charge on any atom is 0.312 e. The zero-order valence-electron chi connectivity index (χ0n) is 12.8. The molecule has 0 saturated carbocycles. The van der Waals surface area contributed by atoms with Gasteiger partial charge in [0.25, 0.3) is 0 Å². The number of piperidine rings is 1. The number of hydrogen-bond donors (Lipinski definition) is 1. The summed E-state index contributed by atoms with van der Waals surface area (Å²) in [7, 11) is -1.76. The van der Waals surface area contributed by atoms with Gasteiger partial charge < -0.3 is 10.0 Å². The van der Waals surface area contributed by atoms with Crippen LogP contribution in [0.2, 0.25) is 0 Å². The Balaban J connectivity index is 1.88. The molecule has 2 aliphatic rings. The quantitative estimate of drug-likeness (QED) is 0.646. The Hall–Kier alpha value is -1.71. The third kappa shape index (κ3) is 2.91. The predicted octanol–water partition coefficient (Wildman–Crippen LogP) is 0.873. The first-order chi connectivity index (χ1) is 10.8. The van der Waals surface area contributed by atoms with Crippen molar-refractivity contribution in [1.29, 1.82) is 0 Å². The van der Waals surface area contributed by atoms with E-state index >= 15 is 0 Å². The van der Waals surface area contributed by atoms with Crippen molar-refractivity contribution in [3.8, 4) is 5.75 Å². The molecule has 2 fully saturated rings. The molecule has 8 nitrogen and oxygen atoms in total. The average Bonchev–Trinajstić information content (AvgIpc) is 2.91. The Morgan fingerprint density at radius 1 is 1.26 bits per heavy atom. The molecular weight excluding hydrogens is 322 g/mol. The first-order valence-electron chi connectivity index (χ1n) is 7.45. The van der Waals surface area contributed by atoms with E-state index in [1.165, 1.54) is 10.4 Å². The van der Waals surface area contributed by atoms with E-state index in [1.54, 1.807) is 0 Å². The lowest BCUT2D eigenvalue weighted by molar-refractivity contribution is -0.386. The fourth-order valence-electron chi connectivity index (χ4n) is 3.46. The third-order valence-electron chi connectivity index (χ3n) is 4.75. The highest BCUT2D eigenvalue weighted by Gasteiger charge is 2.41. The van der Waals surface area contributed by atoms with E-state index in [-0.39, 0.29) is 4.90 Å². The number of phenolic OH excluding ortho intramolecular Hbond substituents is 1. The number of rotatable bonds is 3. The zero-order valence-corrected chi connectivity index (χ0v) is 13.6. The number of sulfonamides is 1. The van der Waals surface area contributed by atoms with Crippen LogP contribution in [0.3, 0.4) is 0 Å². The van der Waals surface area contributed by atoms with Crippen LogP contribution in [0, 0.1) is 22.0 Å². The number of nitro benzene ring substituents is 1. The lowest BCUT2D eigenvalue weighted by Gasteiger charge is -2.31. The molecule has 1 N–H and O–H groups in total. The normalized spacial score (nSPS) is 26.1. The van der Waals surface area contributed by atoms with Crippen LogP contribution in [0.4, 0.5) is 5.69 Å². The molecule has 2 atom stereocenters. The molecule has 0 spiro atoms. The fourth-order valence-corrected chi connectivity index (χ4v) is 5.04. The summed E-state index contributed by atoms with van der Waals surface area (Å²) in [4.78, 5) is 12.2. The van der Waals surface area contributed by atoms with Crippen LogP contribution in [-0.4, -0.2) is 60.9 Å². The Bertz CT molecular complexity index is 736. The number of hydrogen-bond acceptors (Lipinski definition) is 6. The van der Waals surface area contributed by atoms with Crippen molar-refractivity contribution in [2.75, 3.05) is 33.2 Å². The smallest absolute Gasteiger partial charge is 0.312 e. The molecular formula is C14H19N3O5S. The summed E-state index contributed by atoms with van der Waals surface area (Å²) in [5.41, 5.74) is -0.595. The minimum Gasteiger partial charge on any atom is -0.502 e. The fraction of sp³-hybridized carbons (Fsp3) is 0.571. The zero-order chi connectivity index (χ0) is 16.8. The van der Waals surface area contributed by atoms with Crippen LogP contribution in [-0.2, 0) is 10.0 Å². The van der Waals surface area contributed by atoms with E-state index in [1.807, 2.05) is 7.05 Å². The molecule has 3 rings (SSSR count). The Morgan fingerprint density at radius 3 is 2.65 bits per heavy atom. The summed E-state index contributed by atoms with van der Waals surface area (Å²) >= 11 is 0. The maximum absolute atomic E-state index is 12.8. The Kier molecular flexibility index (Phi) is 4.03. The topological polar surface area (TPSA) is 104 Å². The minimum atomic E-state index is -3.79. The highest BCUT2D eigenvalue weighted by Crippen LogP contribution is 2.35. The van der Waals surface area contributed by atoms with Gasteiger partial charge >= 0.3 is 5.69 Å². The van der Waals surface area contributed by atoms with Crippen LogP contribution in [0.5, 0.6) is 5.75 Å². The van der Waals surface area contributed by atoms with Crippen LogP contribution in [0.15, 0.2) is 23.1 Å². The molecule has 0 amide bonds. The first-order valence-corrected chi connectivity index (χ1v) is 8.89. The van der Waals surface area contributed by atoms with Gasteiger partial charge in [0, 0.05) is 25.7 Å². The highest BCUT2D eigenvalue weighted by molar-refractivity contribution is 7.89. The second-order valence-electron chi connectivity index (χ2n) is 6.30. The predicted molar refractivity (Wildman–Crippen MR) is 82.6 cm³/mol. The van der Waals surface area contributed by atoms with Crippen molar-refractivity contribution < 1.29 is 18.4 Å². The molecule has 126 valence electrons. The number of nitro groups is 1. The van der Waals surface area contributed by atoms with E-state index < -0.39 is 26.4 Å². The number of likely N-dealkylation sites (tertiary alicyclic amines) is 1.